The first-order valence-electron chi connectivity index (χ1n) is 7.32. The molecule has 1 fully saturated rings. The predicted molar refractivity (Wildman–Crippen MR) is 86.9 cm³/mol. The van der Waals surface area contributed by atoms with E-state index in [1.54, 1.807) is 23.1 Å². The average molecular weight is 335 g/mol. The average Bonchev–Trinajstić information content (AvgIpc) is 3.04. The maximum atomic E-state index is 11.9. The fraction of sp³-hybridized carbons (Fsp3) is 0.333. The molecular weight excluding hydrogens is 318 g/mol. The van der Waals surface area contributed by atoms with Gasteiger partial charge < -0.3 is 15.5 Å². The zero-order valence-electron chi connectivity index (χ0n) is 12.4. The van der Waals surface area contributed by atoms with E-state index < -0.39 is 21.9 Å². The van der Waals surface area contributed by atoms with Crippen LogP contribution in [0.1, 0.15) is 12.8 Å². The van der Waals surface area contributed by atoms with Gasteiger partial charge in [-0.15, -0.1) is 0 Å². The highest BCUT2D eigenvalue weighted by Crippen LogP contribution is 2.24. The highest BCUT2D eigenvalue weighted by atomic mass is 32.2. The third kappa shape index (κ3) is 3.70. The second-order valence-electron chi connectivity index (χ2n) is 5.56. The molecule has 2 aliphatic heterocycles. The molecule has 8 heteroatoms. The van der Waals surface area contributed by atoms with Gasteiger partial charge >= 0.3 is 6.03 Å². The summed E-state index contributed by atoms with van der Waals surface area (Å²) in [6, 6.07) is 6.01. The Morgan fingerprint density at radius 3 is 2.78 bits per heavy atom. The minimum absolute atomic E-state index is 0.0768. The highest BCUT2D eigenvalue weighted by Gasteiger charge is 2.24. The normalized spacial score (nSPS) is 22.3. The Balaban J connectivity index is 1.63. The molecule has 2 aliphatic rings. The van der Waals surface area contributed by atoms with Crippen molar-refractivity contribution >= 4 is 33.2 Å². The van der Waals surface area contributed by atoms with Crippen LogP contribution in [-0.4, -0.2) is 38.7 Å². The minimum atomic E-state index is -3.21. The molecule has 3 amide bonds. The molecule has 0 unspecified atom stereocenters. The van der Waals surface area contributed by atoms with Gasteiger partial charge in [-0.1, -0.05) is 6.07 Å². The number of sulfone groups is 1. The Morgan fingerprint density at radius 1 is 1.30 bits per heavy atom. The number of hydrogen-bond donors (Lipinski definition) is 2. The van der Waals surface area contributed by atoms with E-state index in [0.717, 1.165) is 17.5 Å². The maximum absolute atomic E-state index is 11.9. The summed E-state index contributed by atoms with van der Waals surface area (Å²) >= 11 is 0. The largest absolute Gasteiger partial charge is 0.331 e. The van der Waals surface area contributed by atoms with Crippen LogP contribution in [0, 0.1) is 0 Å². The van der Waals surface area contributed by atoms with E-state index in [2.05, 4.69) is 10.6 Å². The van der Waals surface area contributed by atoms with E-state index in [0.29, 0.717) is 18.7 Å². The van der Waals surface area contributed by atoms with Crippen molar-refractivity contribution in [2.75, 3.05) is 22.5 Å². The van der Waals surface area contributed by atoms with Crippen LogP contribution in [-0.2, 0) is 14.6 Å². The highest BCUT2D eigenvalue weighted by molar-refractivity contribution is 7.94. The number of nitrogens with one attached hydrogen (secondary N) is 2. The third-order valence-electron chi connectivity index (χ3n) is 3.74. The summed E-state index contributed by atoms with van der Waals surface area (Å²) in [7, 11) is -3.21. The molecule has 2 heterocycles. The first-order chi connectivity index (χ1) is 10.9. The molecular formula is C15H17N3O4S. The van der Waals surface area contributed by atoms with Crippen molar-refractivity contribution in [3.8, 4) is 0 Å². The lowest BCUT2D eigenvalue weighted by atomic mass is 10.2. The van der Waals surface area contributed by atoms with Gasteiger partial charge in [0.2, 0.25) is 5.91 Å². The number of urea groups is 1. The number of carbonyl (C=O) groups excluding carboxylic acids is 2. The molecule has 1 aromatic rings. The Labute approximate surface area is 134 Å². The van der Waals surface area contributed by atoms with Crippen LogP contribution < -0.4 is 15.5 Å². The lowest BCUT2D eigenvalue weighted by molar-refractivity contribution is -0.117. The quantitative estimate of drug-likeness (QED) is 0.869. The molecule has 0 spiro atoms. The van der Waals surface area contributed by atoms with Gasteiger partial charge in [-0.25, -0.2) is 13.2 Å². The Bertz CT molecular complexity index is 773. The fourth-order valence-corrected chi connectivity index (χ4v) is 3.91. The van der Waals surface area contributed by atoms with Crippen LogP contribution in [0.4, 0.5) is 16.2 Å². The van der Waals surface area contributed by atoms with Crippen LogP contribution >= 0.6 is 0 Å². The van der Waals surface area contributed by atoms with Crippen molar-refractivity contribution in [2.24, 2.45) is 0 Å². The van der Waals surface area contributed by atoms with Crippen LogP contribution in [0.3, 0.4) is 0 Å². The number of anilines is 2. The van der Waals surface area contributed by atoms with Crippen molar-refractivity contribution in [1.29, 1.82) is 0 Å². The van der Waals surface area contributed by atoms with Crippen LogP contribution in [0.2, 0.25) is 0 Å². The van der Waals surface area contributed by atoms with Gasteiger partial charge in [0.15, 0.2) is 9.84 Å². The van der Waals surface area contributed by atoms with Gasteiger partial charge in [-0.3, -0.25) is 4.79 Å². The first-order valence-corrected chi connectivity index (χ1v) is 9.03. The van der Waals surface area contributed by atoms with Crippen molar-refractivity contribution in [1.82, 2.24) is 5.32 Å². The second kappa shape index (κ2) is 6.04. The van der Waals surface area contributed by atoms with Gasteiger partial charge in [0.25, 0.3) is 0 Å². The third-order valence-corrected chi connectivity index (χ3v) is 5.13. The van der Waals surface area contributed by atoms with Gasteiger partial charge in [0, 0.05) is 29.7 Å². The molecule has 3 rings (SSSR count). The Kier molecular flexibility index (Phi) is 4.08. The van der Waals surface area contributed by atoms with Crippen molar-refractivity contribution in [2.45, 2.75) is 18.9 Å². The molecule has 0 aromatic heterocycles. The molecule has 0 aliphatic carbocycles. The fourth-order valence-electron chi connectivity index (χ4n) is 2.67. The SMILES string of the molecule is O=C(Nc1cccc(N2CCCC2=O)c1)N[C@@H]1C=CS(=O)(=O)C1. The molecule has 7 nitrogen and oxygen atoms in total. The predicted octanol–water partition coefficient (Wildman–Crippen LogP) is 1.25. The Hall–Kier alpha value is -2.35. The molecule has 1 aromatic carbocycles. The second-order valence-corrected chi connectivity index (χ2v) is 7.49. The first kappa shape index (κ1) is 15.5. The summed E-state index contributed by atoms with van der Waals surface area (Å²) in [6.45, 7) is 0.680. The van der Waals surface area contributed by atoms with Gasteiger partial charge in [0.05, 0.1) is 11.8 Å². The van der Waals surface area contributed by atoms with Crippen molar-refractivity contribution in [3.05, 3.63) is 35.7 Å². The molecule has 2 N–H and O–H groups in total. The molecule has 122 valence electrons. The van der Waals surface area contributed by atoms with E-state index in [1.807, 2.05) is 6.07 Å². The zero-order valence-corrected chi connectivity index (χ0v) is 13.2. The van der Waals surface area contributed by atoms with E-state index in [4.69, 9.17) is 0 Å². The summed E-state index contributed by atoms with van der Waals surface area (Å²) in [5.41, 5.74) is 1.29. The summed E-state index contributed by atoms with van der Waals surface area (Å²) < 4.78 is 22.6. The van der Waals surface area contributed by atoms with Gasteiger partial charge in [-0.2, -0.15) is 0 Å². The zero-order chi connectivity index (χ0) is 16.4. The number of amides is 3. The maximum Gasteiger partial charge on any atom is 0.319 e. The van der Waals surface area contributed by atoms with Crippen molar-refractivity contribution in [3.63, 3.8) is 0 Å². The van der Waals surface area contributed by atoms with E-state index in [9.17, 15) is 18.0 Å². The number of carbonyl (C=O) groups is 2. The summed E-state index contributed by atoms with van der Waals surface area (Å²) in [6.07, 6.45) is 2.83. The number of nitrogens with zero attached hydrogens (tertiary/aromatic N) is 1. The molecule has 0 radical (unpaired) electrons. The van der Waals surface area contributed by atoms with Crippen molar-refractivity contribution < 1.29 is 18.0 Å². The van der Waals surface area contributed by atoms with Crippen LogP contribution in [0.25, 0.3) is 0 Å². The smallest absolute Gasteiger partial charge is 0.319 e. The monoisotopic (exact) mass is 335 g/mol. The van der Waals surface area contributed by atoms with E-state index in [1.165, 1.54) is 6.08 Å². The summed E-state index contributed by atoms with van der Waals surface area (Å²) in [4.78, 5) is 25.4. The molecule has 0 saturated carbocycles. The summed E-state index contributed by atoms with van der Waals surface area (Å²) in [5, 5.41) is 6.35. The van der Waals surface area contributed by atoms with E-state index >= 15 is 0 Å². The van der Waals surface area contributed by atoms with E-state index in [-0.39, 0.29) is 11.7 Å². The molecule has 1 atom stereocenters. The number of rotatable bonds is 3. The lowest BCUT2D eigenvalue weighted by Crippen LogP contribution is -2.38. The Morgan fingerprint density at radius 2 is 2.13 bits per heavy atom. The molecule has 1 saturated heterocycles. The van der Waals surface area contributed by atoms with Crippen LogP contribution in [0.15, 0.2) is 35.7 Å². The van der Waals surface area contributed by atoms with Crippen LogP contribution in [0.5, 0.6) is 0 Å². The van der Waals surface area contributed by atoms with Gasteiger partial charge in [0.1, 0.15) is 0 Å². The number of benzene rings is 1. The summed E-state index contributed by atoms with van der Waals surface area (Å²) in [5.74, 6) is -0.0455. The van der Waals surface area contributed by atoms with Gasteiger partial charge in [-0.05, 0) is 30.7 Å². The number of hydrogen-bond acceptors (Lipinski definition) is 4. The standard InChI is InChI=1S/C15H17N3O4S/c19-14-5-2-7-18(14)13-4-1-3-11(9-13)16-15(20)17-12-6-8-23(21,22)10-12/h1,3-4,6,8-9,12H,2,5,7,10H2,(H2,16,17,20)/t12-/m1/s1. The lowest BCUT2D eigenvalue weighted by Gasteiger charge is -2.17. The topological polar surface area (TPSA) is 95.6 Å². The molecule has 0 bridgehead atoms. The minimum Gasteiger partial charge on any atom is -0.331 e. The molecule has 23 heavy (non-hydrogen) atoms.